The summed E-state index contributed by atoms with van der Waals surface area (Å²) in [5, 5.41) is 3.44. The van der Waals surface area contributed by atoms with Gasteiger partial charge in [0.1, 0.15) is 0 Å². The summed E-state index contributed by atoms with van der Waals surface area (Å²) in [6, 6.07) is 18.4. The highest BCUT2D eigenvalue weighted by atomic mass is 16.2. The Morgan fingerprint density at radius 3 is 2.68 bits per heavy atom. The Morgan fingerprint density at radius 2 is 1.86 bits per heavy atom. The lowest BCUT2D eigenvalue weighted by molar-refractivity contribution is 0.0981. The van der Waals surface area contributed by atoms with Crippen LogP contribution in [0.3, 0.4) is 0 Å². The van der Waals surface area contributed by atoms with Crippen LogP contribution in [0.2, 0.25) is 0 Å². The number of hydrogen-bond acceptors (Lipinski definition) is 3. The molecule has 0 spiro atoms. The third-order valence-corrected chi connectivity index (χ3v) is 5.27. The number of anilines is 3. The van der Waals surface area contributed by atoms with Gasteiger partial charge < -0.3 is 10.2 Å². The zero-order valence-corrected chi connectivity index (χ0v) is 16.5. The quantitative estimate of drug-likeness (QED) is 0.655. The van der Waals surface area contributed by atoms with Crippen molar-refractivity contribution in [2.24, 2.45) is 0 Å². The number of rotatable bonds is 4. The molecule has 0 saturated carbocycles. The van der Waals surface area contributed by atoms with Crippen molar-refractivity contribution < 1.29 is 4.79 Å². The Kier molecular flexibility index (Phi) is 4.86. The minimum Gasteiger partial charge on any atom is -0.354 e. The Balaban J connectivity index is 1.62. The van der Waals surface area contributed by atoms with Crippen LogP contribution in [0.1, 0.15) is 48.2 Å². The SMILES string of the molecule is CC(C)c1ccccc1Nc1cncc(C(=O)N2c3ccccc3CC2C)c1. The van der Waals surface area contributed by atoms with Crippen molar-refractivity contribution in [3.63, 3.8) is 0 Å². The molecular formula is C24H25N3O. The second-order valence-electron chi connectivity index (χ2n) is 7.69. The molecule has 1 amide bonds. The molecule has 0 bridgehead atoms. The van der Waals surface area contributed by atoms with E-state index in [0.717, 1.165) is 23.5 Å². The maximum absolute atomic E-state index is 13.3. The zero-order valence-electron chi connectivity index (χ0n) is 16.5. The van der Waals surface area contributed by atoms with Gasteiger partial charge >= 0.3 is 0 Å². The number of nitrogens with one attached hydrogen (secondary N) is 1. The molecule has 2 aromatic carbocycles. The zero-order chi connectivity index (χ0) is 19.7. The summed E-state index contributed by atoms with van der Waals surface area (Å²) in [5.74, 6) is 0.397. The first-order valence-corrected chi connectivity index (χ1v) is 9.77. The molecule has 1 unspecified atom stereocenters. The number of fused-ring (bicyclic) bond motifs is 1. The first kappa shape index (κ1) is 18.2. The van der Waals surface area contributed by atoms with Gasteiger partial charge in [0, 0.05) is 23.6 Å². The van der Waals surface area contributed by atoms with Crippen LogP contribution in [0.25, 0.3) is 0 Å². The average molecular weight is 371 g/mol. The van der Waals surface area contributed by atoms with E-state index in [1.807, 2.05) is 41.3 Å². The van der Waals surface area contributed by atoms with Gasteiger partial charge in [0.2, 0.25) is 0 Å². The van der Waals surface area contributed by atoms with Crippen molar-refractivity contribution in [2.75, 3.05) is 10.2 Å². The second-order valence-corrected chi connectivity index (χ2v) is 7.69. The van der Waals surface area contributed by atoms with E-state index in [9.17, 15) is 4.79 Å². The first-order chi connectivity index (χ1) is 13.5. The molecule has 4 rings (SSSR count). The summed E-state index contributed by atoms with van der Waals surface area (Å²) < 4.78 is 0. The highest BCUT2D eigenvalue weighted by molar-refractivity contribution is 6.08. The highest BCUT2D eigenvalue weighted by Crippen LogP contribution is 2.33. The molecule has 2 heterocycles. The molecule has 4 heteroatoms. The molecule has 0 radical (unpaired) electrons. The summed E-state index contributed by atoms with van der Waals surface area (Å²) >= 11 is 0. The van der Waals surface area contributed by atoms with E-state index >= 15 is 0 Å². The Hall–Kier alpha value is -3.14. The number of carbonyl (C=O) groups excluding carboxylic acids is 1. The monoisotopic (exact) mass is 371 g/mol. The van der Waals surface area contributed by atoms with Crippen molar-refractivity contribution >= 4 is 23.0 Å². The maximum atomic E-state index is 13.3. The lowest BCUT2D eigenvalue weighted by Crippen LogP contribution is -2.35. The summed E-state index contributed by atoms with van der Waals surface area (Å²) in [6.07, 6.45) is 4.29. The lowest BCUT2D eigenvalue weighted by Gasteiger charge is -2.23. The van der Waals surface area contributed by atoms with Gasteiger partial charge in [-0.2, -0.15) is 0 Å². The number of pyridine rings is 1. The summed E-state index contributed by atoms with van der Waals surface area (Å²) in [6.45, 7) is 6.43. The fourth-order valence-corrected chi connectivity index (χ4v) is 3.91. The summed E-state index contributed by atoms with van der Waals surface area (Å²) in [7, 11) is 0. The lowest BCUT2D eigenvalue weighted by atomic mass is 10.0. The van der Waals surface area contributed by atoms with Gasteiger partial charge in [0.05, 0.1) is 17.4 Å². The molecule has 4 nitrogen and oxygen atoms in total. The van der Waals surface area contributed by atoms with Crippen molar-refractivity contribution in [3.8, 4) is 0 Å². The number of hydrogen-bond donors (Lipinski definition) is 1. The number of amides is 1. The van der Waals surface area contributed by atoms with E-state index < -0.39 is 0 Å². The molecule has 0 fully saturated rings. The Labute approximate surface area is 166 Å². The van der Waals surface area contributed by atoms with Crippen LogP contribution < -0.4 is 10.2 Å². The fourth-order valence-electron chi connectivity index (χ4n) is 3.91. The van der Waals surface area contributed by atoms with Gasteiger partial charge in [-0.1, -0.05) is 50.2 Å². The number of aromatic nitrogens is 1. The van der Waals surface area contributed by atoms with E-state index in [1.165, 1.54) is 11.1 Å². The number of carbonyl (C=O) groups is 1. The van der Waals surface area contributed by atoms with Gasteiger partial charge in [-0.25, -0.2) is 0 Å². The van der Waals surface area contributed by atoms with Crippen LogP contribution in [0, 0.1) is 0 Å². The molecule has 1 atom stereocenters. The Bertz CT molecular complexity index is 1010. The first-order valence-electron chi connectivity index (χ1n) is 9.77. The normalized spacial score (nSPS) is 15.6. The number of nitrogens with zero attached hydrogens (tertiary/aromatic N) is 2. The van der Waals surface area contributed by atoms with Crippen LogP contribution in [-0.4, -0.2) is 16.9 Å². The van der Waals surface area contributed by atoms with Crippen LogP contribution in [-0.2, 0) is 6.42 Å². The maximum Gasteiger partial charge on any atom is 0.260 e. The van der Waals surface area contributed by atoms with Crippen molar-refractivity contribution in [1.29, 1.82) is 0 Å². The summed E-state index contributed by atoms with van der Waals surface area (Å²) in [5.41, 5.74) is 5.92. The third kappa shape index (κ3) is 3.38. The smallest absolute Gasteiger partial charge is 0.260 e. The Morgan fingerprint density at radius 1 is 1.11 bits per heavy atom. The van der Waals surface area contributed by atoms with Gasteiger partial charge in [-0.05, 0) is 48.6 Å². The van der Waals surface area contributed by atoms with Crippen molar-refractivity contribution in [1.82, 2.24) is 4.98 Å². The topological polar surface area (TPSA) is 45.2 Å². The van der Waals surface area contributed by atoms with E-state index in [1.54, 1.807) is 12.4 Å². The van der Waals surface area contributed by atoms with E-state index in [4.69, 9.17) is 0 Å². The molecule has 1 aliphatic rings. The van der Waals surface area contributed by atoms with Crippen LogP contribution in [0.15, 0.2) is 67.0 Å². The van der Waals surface area contributed by atoms with Crippen molar-refractivity contribution in [2.45, 2.75) is 39.2 Å². The molecule has 0 saturated heterocycles. The molecule has 1 aliphatic heterocycles. The largest absolute Gasteiger partial charge is 0.354 e. The number of para-hydroxylation sites is 2. The van der Waals surface area contributed by atoms with E-state index in [-0.39, 0.29) is 11.9 Å². The molecule has 0 aliphatic carbocycles. The molecule has 28 heavy (non-hydrogen) atoms. The fraction of sp³-hybridized carbons (Fsp3) is 0.250. The van der Waals surface area contributed by atoms with Gasteiger partial charge in [0.25, 0.3) is 5.91 Å². The molecule has 1 N–H and O–H groups in total. The third-order valence-electron chi connectivity index (χ3n) is 5.27. The highest BCUT2D eigenvalue weighted by Gasteiger charge is 2.31. The van der Waals surface area contributed by atoms with Crippen molar-refractivity contribution in [3.05, 3.63) is 83.7 Å². The van der Waals surface area contributed by atoms with Crippen LogP contribution in [0.4, 0.5) is 17.1 Å². The predicted octanol–water partition coefficient (Wildman–Crippen LogP) is 5.54. The average Bonchev–Trinajstić information content (AvgIpc) is 3.03. The standard InChI is InChI=1S/C24H25N3O/c1-16(2)21-9-5-6-10-22(21)26-20-13-19(14-25-15-20)24(28)27-17(3)12-18-8-4-7-11-23(18)27/h4-11,13-17,26H,12H2,1-3H3. The molecule has 1 aromatic heterocycles. The van der Waals surface area contributed by atoms with E-state index in [2.05, 4.69) is 49.3 Å². The predicted molar refractivity (Wildman–Crippen MR) is 114 cm³/mol. The van der Waals surface area contributed by atoms with Gasteiger partial charge in [-0.3, -0.25) is 9.78 Å². The van der Waals surface area contributed by atoms with Gasteiger partial charge in [-0.15, -0.1) is 0 Å². The van der Waals surface area contributed by atoms with Crippen LogP contribution in [0.5, 0.6) is 0 Å². The number of benzene rings is 2. The van der Waals surface area contributed by atoms with Gasteiger partial charge in [0.15, 0.2) is 0 Å². The molecule has 142 valence electrons. The van der Waals surface area contributed by atoms with Crippen LogP contribution >= 0.6 is 0 Å². The second kappa shape index (κ2) is 7.47. The van der Waals surface area contributed by atoms with E-state index in [0.29, 0.717) is 11.5 Å². The minimum atomic E-state index is -0.00857. The minimum absolute atomic E-state index is 0.00857. The molecular weight excluding hydrogens is 346 g/mol. The summed E-state index contributed by atoms with van der Waals surface area (Å²) in [4.78, 5) is 19.5. The molecule has 3 aromatic rings.